The van der Waals surface area contributed by atoms with E-state index in [-0.39, 0.29) is 23.9 Å². The molecule has 1 aliphatic carbocycles. The highest BCUT2D eigenvalue weighted by Crippen LogP contribution is 2.26. The summed E-state index contributed by atoms with van der Waals surface area (Å²) in [4.78, 5) is 25.7. The van der Waals surface area contributed by atoms with Crippen LogP contribution in [0.25, 0.3) is 0 Å². The Bertz CT molecular complexity index is 338. The zero-order chi connectivity index (χ0) is 13.8. The van der Waals surface area contributed by atoms with Gasteiger partial charge in [-0.2, -0.15) is 0 Å². The van der Waals surface area contributed by atoms with E-state index in [0.717, 1.165) is 12.8 Å². The molecule has 2 aliphatic rings. The number of nitrogens with two attached hydrogens (primary N) is 1. The van der Waals surface area contributed by atoms with Crippen LogP contribution in [-0.2, 0) is 9.59 Å². The fraction of sp³-hybridized carbons (Fsp3) is 0.857. The second-order valence-corrected chi connectivity index (χ2v) is 5.99. The lowest BCUT2D eigenvalue weighted by Crippen LogP contribution is -2.42. The molecule has 0 spiro atoms. The van der Waals surface area contributed by atoms with Gasteiger partial charge in [-0.05, 0) is 19.8 Å². The van der Waals surface area contributed by atoms with Gasteiger partial charge in [-0.1, -0.05) is 19.3 Å². The Morgan fingerprint density at radius 3 is 2.74 bits per heavy atom. The second-order valence-electron chi connectivity index (χ2n) is 5.99. The summed E-state index contributed by atoms with van der Waals surface area (Å²) >= 11 is 0. The maximum Gasteiger partial charge on any atom is 0.225 e. The highest BCUT2D eigenvalue weighted by atomic mass is 16.2. The van der Waals surface area contributed by atoms with E-state index in [2.05, 4.69) is 5.32 Å². The van der Waals surface area contributed by atoms with Crippen LogP contribution in [0.1, 0.15) is 51.9 Å². The average molecular weight is 267 g/mol. The summed E-state index contributed by atoms with van der Waals surface area (Å²) < 4.78 is 0. The molecule has 1 heterocycles. The minimum atomic E-state index is -0.133. The lowest BCUT2D eigenvalue weighted by Gasteiger charge is -2.31. The molecule has 108 valence electrons. The number of likely N-dealkylation sites (tertiary alicyclic amines) is 1. The van der Waals surface area contributed by atoms with Gasteiger partial charge in [0, 0.05) is 31.5 Å². The summed E-state index contributed by atoms with van der Waals surface area (Å²) in [5, 5.41) is 2.93. The first kappa shape index (κ1) is 14.3. The van der Waals surface area contributed by atoms with Gasteiger partial charge < -0.3 is 16.0 Å². The molecule has 2 amide bonds. The number of carbonyl (C=O) groups excluding carboxylic acids is 2. The van der Waals surface area contributed by atoms with Crippen molar-refractivity contribution in [3.05, 3.63) is 0 Å². The standard InChI is InChI=1S/C14H25N3O2/c1-10(15)7-13(18)16-11-8-14(19)17(9-11)12-5-3-2-4-6-12/h10-12H,2-9,15H2,1H3,(H,16,18). The minimum absolute atomic E-state index is 0.0272. The van der Waals surface area contributed by atoms with E-state index in [4.69, 9.17) is 5.73 Å². The summed E-state index contributed by atoms with van der Waals surface area (Å²) in [6, 6.07) is 0.240. The van der Waals surface area contributed by atoms with Crippen molar-refractivity contribution in [2.45, 2.75) is 70.0 Å². The maximum atomic E-state index is 12.0. The predicted molar refractivity (Wildman–Crippen MR) is 73.4 cm³/mol. The van der Waals surface area contributed by atoms with Gasteiger partial charge in [-0.3, -0.25) is 9.59 Å². The Balaban J connectivity index is 1.83. The fourth-order valence-electron chi connectivity index (χ4n) is 3.15. The first-order valence-corrected chi connectivity index (χ1v) is 7.40. The molecule has 2 atom stereocenters. The van der Waals surface area contributed by atoms with Gasteiger partial charge in [0.05, 0.1) is 6.04 Å². The van der Waals surface area contributed by atoms with E-state index in [1.165, 1.54) is 19.3 Å². The number of rotatable bonds is 4. The summed E-state index contributed by atoms with van der Waals surface area (Å²) in [7, 11) is 0. The lowest BCUT2D eigenvalue weighted by atomic mass is 9.94. The molecule has 1 saturated carbocycles. The van der Waals surface area contributed by atoms with Gasteiger partial charge >= 0.3 is 0 Å². The molecular formula is C14H25N3O2. The van der Waals surface area contributed by atoms with Crippen molar-refractivity contribution in [1.29, 1.82) is 0 Å². The van der Waals surface area contributed by atoms with Gasteiger partial charge in [0.15, 0.2) is 0 Å². The van der Waals surface area contributed by atoms with Gasteiger partial charge in [-0.25, -0.2) is 0 Å². The van der Waals surface area contributed by atoms with E-state index in [0.29, 0.717) is 25.4 Å². The first-order valence-electron chi connectivity index (χ1n) is 7.40. The van der Waals surface area contributed by atoms with Crippen molar-refractivity contribution in [2.24, 2.45) is 5.73 Å². The van der Waals surface area contributed by atoms with Gasteiger partial charge in [0.2, 0.25) is 11.8 Å². The highest BCUT2D eigenvalue weighted by Gasteiger charge is 2.35. The molecular weight excluding hydrogens is 242 g/mol. The fourth-order valence-corrected chi connectivity index (χ4v) is 3.15. The quantitative estimate of drug-likeness (QED) is 0.790. The molecule has 0 bridgehead atoms. The van der Waals surface area contributed by atoms with Crippen LogP contribution >= 0.6 is 0 Å². The van der Waals surface area contributed by atoms with E-state index in [9.17, 15) is 9.59 Å². The van der Waals surface area contributed by atoms with E-state index >= 15 is 0 Å². The average Bonchev–Trinajstić information content (AvgIpc) is 2.70. The Labute approximate surface area is 114 Å². The van der Waals surface area contributed by atoms with Crippen LogP contribution in [0.15, 0.2) is 0 Å². The number of hydrogen-bond donors (Lipinski definition) is 2. The Morgan fingerprint density at radius 2 is 2.11 bits per heavy atom. The molecule has 1 saturated heterocycles. The molecule has 2 rings (SSSR count). The van der Waals surface area contributed by atoms with Crippen molar-refractivity contribution in [1.82, 2.24) is 10.2 Å². The number of nitrogens with zero attached hydrogens (tertiary/aromatic N) is 1. The van der Waals surface area contributed by atoms with Crippen LogP contribution in [0.4, 0.5) is 0 Å². The van der Waals surface area contributed by atoms with Crippen LogP contribution in [0, 0.1) is 0 Å². The summed E-state index contributed by atoms with van der Waals surface area (Å²) in [6.45, 7) is 2.49. The van der Waals surface area contributed by atoms with Crippen molar-refractivity contribution >= 4 is 11.8 Å². The molecule has 1 aliphatic heterocycles. The van der Waals surface area contributed by atoms with Gasteiger partial charge in [-0.15, -0.1) is 0 Å². The van der Waals surface area contributed by atoms with Crippen LogP contribution in [-0.4, -0.2) is 41.4 Å². The van der Waals surface area contributed by atoms with E-state index in [1.807, 2.05) is 11.8 Å². The monoisotopic (exact) mass is 267 g/mol. The third-order valence-corrected chi connectivity index (χ3v) is 4.05. The molecule has 0 aromatic rings. The number of nitrogens with one attached hydrogen (secondary N) is 1. The molecule has 5 nitrogen and oxygen atoms in total. The molecule has 19 heavy (non-hydrogen) atoms. The summed E-state index contributed by atoms with van der Waals surface area (Å²) in [5.41, 5.74) is 5.60. The number of carbonyl (C=O) groups is 2. The lowest BCUT2D eigenvalue weighted by molar-refractivity contribution is -0.130. The summed E-state index contributed by atoms with van der Waals surface area (Å²) in [6.07, 6.45) is 6.73. The molecule has 0 aromatic carbocycles. The number of hydrogen-bond acceptors (Lipinski definition) is 3. The second kappa shape index (κ2) is 6.37. The van der Waals surface area contributed by atoms with Crippen molar-refractivity contribution in [3.8, 4) is 0 Å². The van der Waals surface area contributed by atoms with E-state index < -0.39 is 0 Å². The molecule has 2 fully saturated rings. The third-order valence-electron chi connectivity index (χ3n) is 4.05. The molecule has 0 aromatic heterocycles. The third kappa shape index (κ3) is 3.93. The Kier molecular flexibility index (Phi) is 4.80. The Morgan fingerprint density at radius 1 is 1.42 bits per heavy atom. The van der Waals surface area contributed by atoms with E-state index in [1.54, 1.807) is 0 Å². The van der Waals surface area contributed by atoms with Crippen molar-refractivity contribution in [3.63, 3.8) is 0 Å². The highest BCUT2D eigenvalue weighted by molar-refractivity contribution is 5.82. The van der Waals surface area contributed by atoms with Crippen LogP contribution < -0.4 is 11.1 Å². The molecule has 5 heteroatoms. The van der Waals surface area contributed by atoms with Gasteiger partial charge in [0.25, 0.3) is 0 Å². The zero-order valence-electron chi connectivity index (χ0n) is 11.7. The zero-order valence-corrected chi connectivity index (χ0v) is 11.7. The topological polar surface area (TPSA) is 75.4 Å². The van der Waals surface area contributed by atoms with Crippen molar-refractivity contribution < 1.29 is 9.59 Å². The molecule has 2 unspecified atom stereocenters. The molecule has 3 N–H and O–H groups in total. The first-order chi connectivity index (χ1) is 9.06. The smallest absolute Gasteiger partial charge is 0.225 e. The largest absolute Gasteiger partial charge is 0.351 e. The minimum Gasteiger partial charge on any atom is -0.351 e. The predicted octanol–water partition coefficient (Wildman–Crippen LogP) is 0.773. The maximum absolute atomic E-state index is 12.0. The van der Waals surface area contributed by atoms with Gasteiger partial charge in [0.1, 0.15) is 0 Å². The van der Waals surface area contributed by atoms with Crippen LogP contribution in [0.2, 0.25) is 0 Å². The molecule has 0 radical (unpaired) electrons. The number of amides is 2. The van der Waals surface area contributed by atoms with Crippen molar-refractivity contribution in [2.75, 3.05) is 6.54 Å². The van der Waals surface area contributed by atoms with Crippen LogP contribution in [0.3, 0.4) is 0 Å². The van der Waals surface area contributed by atoms with Crippen LogP contribution in [0.5, 0.6) is 0 Å². The Hall–Kier alpha value is -1.10. The SMILES string of the molecule is CC(N)CC(=O)NC1CC(=O)N(C2CCCCC2)C1. The normalized spacial score (nSPS) is 26.5. The summed E-state index contributed by atoms with van der Waals surface area (Å²) in [5.74, 6) is 0.149.